The summed E-state index contributed by atoms with van der Waals surface area (Å²) in [6.45, 7) is 6.54. The molecule has 2 rings (SSSR count). The molecule has 0 bridgehead atoms. The maximum absolute atomic E-state index is 6.05. The lowest BCUT2D eigenvalue weighted by molar-refractivity contribution is 0.337. The topological polar surface area (TPSA) is 43.8 Å². The lowest BCUT2D eigenvalue weighted by Gasteiger charge is -2.26. The summed E-state index contributed by atoms with van der Waals surface area (Å²) >= 11 is 0. The minimum absolute atomic E-state index is 0.0741. The number of hydrogen-bond acceptors (Lipinski definition) is 2. The largest absolute Gasteiger partial charge is 0.324 e. The number of fused-ring (bicyclic) bond motifs is 1. The van der Waals surface area contributed by atoms with E-state index in [2.05, 4.69) is 30.6 Å². The Morgan fingerprint density at radius 2 is 2.21 bits per heavy atom. The van der Waals surface area contributed by atoms with Gasteiger partial charge in [0, 0.05) is 17.3 Å². The molecule has 14 heavy (non-hydrogen) atoms. The molecule has 1 aliphatic carbocycles. The summed E-state index contributed by atoms with van der Waals surface area (Å²) in [7, 11) is 0. The number of hydrogen-bond donors (Lipinski definition) is 1. The maximum atomic E-state index is 6.05. The van der Waals surface area contributed by atoms with Gasteiger partial charge in [-0.2, -0.15) is 5.10 Å². The van der Waals surface area contributed by atoms with Crippen LogP contribution in [0.15, 0.2) is 6.20 Å². The first-order valence-corrected chi connectivity index (χ1v) is 5.33. The molecule has 1 heterocycles. The van der Waals surface area contributed by atoms with Gasteiger partial charge in [0.15, 0.2) is 0 Å². The van der Waals surface area contributed by atoms with Crippen molar-refractivity contribution >= 4 is 0 Å². The number of rotatable bonds is 0. The predicted octanol–water partition coefficient (Wildman–Crippen LogP) is 1.97. The molecule has 0 radical (unpaired) electrons. The van der Waals surface area contributed by atoms with Crippen molar-refractivity contribution in [3.63, 3.8) is 0 Å². The monoisotopic (exact) mass is 193 g/mol. The van der Waals surface area contributed by atoms with Crippen LogP contribution >= 0.6 is 0 Å². The van der Waals surface area contributed by atoms with Crippen molar-refractivity contribution in [3.8, 4) is 0 Å². The lowest BCUT2D eigenvalue weighted by atomic mass is 9.93. The molecule has 78 valence electrons. The second kappa shape index (κ2) is 3.09. The Bertz CT molecular complexity index is 333. The molecule has 2 N–H and O–H groups in total. The second-order valence-electron chi connectivity index (χ2n) is 5.13. The van der Waals surface area contributed by atoms with Crippen LogP contribution < -0.4 is 5.73 Å². The zero-order chi connectivity index (χ0) is 10.3. The van der Waals surface area contributed by atoms with Gasteiger partial charge >= 0.3 is 0 Å². The summed E-state index contributed by atoms with van der Waals surface area (Å²) < 4.78 is 2.13. The molecule has 0 saturated carbocycles. The molecule has 0 aromatic carbocycles. The fourth-order valence-corrected chi connectivity index (χ4v) is 2.17. The van der Waals surface area contributed by atoms with Crippen molar-refractivity contribution in [3.05, 3.63) is 17.5 Å². The van der Waals surface area contributed by atoms with Crippen LogP contribution in [-0.4, -0.2) is 9.78 Å². The summed E-state index contributed by atoms with van der Waals surface area (Å²) in [4.78, 5) is 0. The molecule has 0 saturated heterocycles. The second-order valence-corrected chi connectivity index (χ2v) is 5.13. The summed E-state index contributed by atoms with van der Waals surface area (Å²) in [5.41, 5.74) is 8.72. The Kier molecular flexibility index (Phi) is 2.14. The molecule has 0 unspecified atom stereocenters. The third-order valence-electron chi connectivity index (χ3n) is 2.86. The molecule has 0 fully saturated rings. The standard InChI is InChI=1S/C11H19N3/c1-11(2,3)14-10-6-4-5-9(12)8(10)7-13-14/h7,9H,4-6,12H2,1-3H3/t9-/m1/s1. The van der Waals surface area contributed by atoms with E-state index in [4.69, 9.17) is 5.73 Å². The highest BCUT2D eigenvalue weighted by atomic mass is 15.3. The molecule has 0 aliphatic heterocycles. The van der Waals surface area contributed by atoms with Crippen LogP contribution in [0, 0.1) is 0 Å². The van der Waals surface area contributed by atoms with E-state index in [0.29, 0.717) is 0 Å². The normalized spacial score (nSPS) is 22.1. The third-order valence-corrected chi connectivity index (χ3v) is 2.86. The van der Waals surface area contributed by atoms with E-state index < -0.39 is 0 Å². The molecule has 1 aliphatic rings. The Balaban J connectivity index is 2.46. The van der Waals surface area contributed by atoms with Gasteiger partial charge in [-0.25, -0.2) is 0 Å². The SMILES string of the molecule is CC(C)(C)n1ncc2c1CCC[C@H]2N. The Morgan fingerprint density at radius 1 is 1.50 bits per heavy atom. The summed E-state index contributed by atoms with van der Waals surface area (Å²) in [6, 6.07) is 0.204. The van der Waals surface area contributed by atoms with Gasteiger partial charge in [-0.3, -0.25) is 4.68 Å². The van der Waals surface area contributed by atoms with Crippen molar-refractivity contribution in [1.82, 2.24) is 9.78 Å². The lowest BCUT2D eigenvalue weighted by Crippen LogP contribution is -2.27. The molecule has 1 aromatic heterocycles. The van der Waals surface area contributed by atoms with Gasteiger partial charge in [0.05, 0.1) is 11.7 Å². The van der Waals surface area contributed by atoms with Gasteiger partial charge in [-0.1, -0.05) is 0 Å². The fraction of sp³-hybridized carbons (Fsp3) is 0.727. The average molecular weight is 193 g/mol. The molecule has 0 amide bonds. The van der Waals surface area contributed by atoms with Crippen LogP contribution in [-0.2, 0) is 12.0 Å². The smallest absolute Gasteiger partial charge is 0.0546 e. The maximum Gasteiger partial charge on any atom is 0.0546 e. The van der Waals surface area contributed by atoms with Gasteiger partial charge in [0.1, 0.15) is 0 Å². The summed E-state index contributed by atoms with van der Waals surface area (Å²) in [5.74, 6) is 0. The zero-order valence-electron chi connectivity index (χ0n) is 9.25. The predicted molar refractivity (Wildman–Crippen MR) is 57.1 cm³/mol. The van der Waals surface area contributed by atoms with E-state index in [0.717, 1.165) is 12.8 Å². The molecule has 1 atom stereocenters. The Labute approximate surface area is 85.3 Å². The van der Waals surface area contributed by atoms with Crippen molar-refractivity contribution in [1.29, 1.82) is 0 Å². The highest BCUT2D eigenvalue weighted by Gasteiger charge is 2.25. The van der Waals surface area contributed by atoms with Gasteiger partial charge in [-0.15, -0.1) is 0 Å². The Hall–Kier alpha value is -0.830. The number of nitrogens with two attached hydrogens (primary N) is 1. The van der Waals surface area contributed by atoms with Crippen LogP contribution in [0.25, 0.3) is 0 Å². The van der Waals surface area contributed by atoms with Crippen molar-refractivity contribution in [2.45, 2.75) is 51.6 Å². The minimum Gasteiger partial charge on any atom is -0.324 e. The quantitative estimate of drug-likeness (QED) is 0.684. The van der Waals surface area contributed by atoms with E-state index in [1.165, 1.54) is 17.7 Å². The number of nitrogens with zero attached hydrogens (tertiary/aromatic N) is 2. The minimum atomic E-state index is 0.0741. The van der Waals surface area contributed by atoms with Crippen LogP contribution in [0.3, 0.4) is 0 Å². The molecular weight excluding hydrogens is 174 g/mol. The Morgan fingerprint density at radius 3 is 2.86 bits per heavy atom. The molecule has 1 aromatic rings. The van der Waals surface area contributed by atoms with E-state index in [1.54, 1.807) is 0 Å². The summed E-state index contributed by atoms with van der Waals surface area (Å²) in [6.07, 6.45) is 5.36. The van der Waals surface area contributed by atoms with Crippen molar-refractivity contribution in [2.75, 3.05) is 0 Å². The average Bonchev–Trinajstić information content (AvgIpc) is 2.47. The van der Waals surface area contributed by atoms with Crippen LogP contribution in [0.5, 0.6) is 0 Å². The number of aromatic nitrogens is 2. The van der Waals surface area contributed by atoms with Gasteiger partial charge in [-0.05, 0) is 40.0 Å². The first-order chi connectivity index (χ1) is 6.50. The molecule has 0 spiro atoms. The molecule has 3 nitrogen and oxygen atoms in total. The van der Waals surface area contributed by atoms with Crippen molar-refractivity contribution in [2.24, 2.45) is 5.73 Å². The van der Waals surface area contributed by atoms with E-state index in [1.807, 2.05) is 6.20 Å². The highest BCUT2D eigenvalue weighted by Crippen LogP contribution is 2.30. The third kappa shape index (κ3) is 1.46. The van der Waals surface area contributed by atoms with E-state index >= 15 is 0 Å². The molecule has 3 heteroatoms. The van der Waals surface area contributed by atoms with Gasteiger partial charge in [0.25, 0.3) is 0 Å². The first kappa shape index (κ1) is 9.71. The van der Waals surface area contributed by atoms with Crippen LogP contribution in [0.4, 0.5) is 0 Å². The van der Waals surface area contributed by atoms with Crippen LogP contribution in [0.1, 0.15) is 50.9 Å². The summed E-state index contributed by atoms with van der Waals surface area (Å²) in [5, 5.41) is 4.46. The first-order valence-electron chi connectivity index (χ1n) is 5.33. The van der Waals surface area contributed by atoms with E-state index in [9.17, 15) is 0 Å². The van der Waals surface area contributed by atoms with Gasteiger partial charge in [0.2, 0.25) is 0 Å². The fourth-order valence-electron chi connectivity index (χ4n) is 2.17. The van der Waals surface area contributed by atoms with Gasteiger partial charge < -0.3 is 5.73 Å². The molecular formula is C11H19N3. The highest BCUT2D eigenvalue weighted by molar-refractivity contribution is 5.25. The van der Waals surface area contributed by atoms with Crippen molar-refractivity contribution < 1.29 is 0 Å². The van der Waals surface area contributed by atoms with Crippen LogP contribution in [0.2, 0.25) is 0 Å². The zero-order valence-corrected chi connectivity index (χ0v) is 9.25. The van der Waals surface area contributed by atoms with E-state index in [-0.39, 0.29) is 11.6 Å².